The number of aromatic nitrogens is 5. The summed E-state index contributed by atoms with van der Waals surface area (Å²) in [4.78, 5) is 22.7. The number of imidazole rings is 1. The smallest absolute Gasteiger partial charge is 0.260 e. The molecule has 124 valence electrons. The van der Waals surface area contributed by atoms with E-state index in [1.54, 1.807) is 6.92 Å². The van der Waals surface area contributed by atoms with E-state index in [1.807, 2.05) is 0 Å². The number of nitrogens with zero attached hydrogens (tertiary/aromatic N) is 4. The van der Waals surface area contributed by atoms with Crippen molar-refractivity contribution in [3.63, 3.8) is 0 Å². The summed E-state index contributed by atoms with van der Waals surface area (Å²) < 4.78 is 26.5. The quantitative estimate of drug-likeness (QED) is 0.652. The van der Waals surface area contributed by atoms with Crippen LogP contribution in [0.15, 0.2) is 17.6 Å². The van der Waals surface area contributed by atoms with Gasteiger partial charge in [-0.25, -0.2) is 18.4 Å². The molecule has 1 amide bonds. The average Bonchev–Trinajstić information content (AvgIpc) is 3.25. The van der Waals surface area contributed by atoms with E-state index in [9.17, 15) is 13.2 Å². The van der Waals surface area contributed by atoms with Gasteiger partial charge in [0.2, 0.25) is 5.91 Å². The van der Waals surface area contributed by atoms with Crippen LogP contribution in [0.5, 0.6) is 0 Å². The third-order valence-corrected chi connectivity index (χ3v) is 5.66. The van der Waals surface area contributed by atoms with E-state index in [1.165, 1.54) is 23.9 Å². The van der Waals surface area contributed by atoms with E-state index in [2.05, 4.69) is 30.5 Å². The maximum atomic E-state index is 12.6. The third kappa shape index (κ3) is 2.72. The third-order valence-electron chi connectivity index (χ3n) is 3.91. The van der Waals surface area contributed by atoms with Gasteiger partial charge in [-0.05, 0) is 6.92 Å². The molecule has 3 heterocycles. The van der Waals surface area contributed by atoms with Gasteiger partial charge in [-0.2, -0.15) is 9.40 Å². The predicted molar refractivity (Wildman–Crippen MR) is 78.8 cm³/mol. The molecule has 1 aliphatic rings. The SMILES string of the molecule is CNC(=O)[C@@H]1CN(S(=O)(=O)c2cnc[nH]2)C[C@H]1c1n[nH]c(C)n1. The monoisotopic (exact) mass is 339 g/mol. The fourth-order valence-corrected chi connectivity index (χ4v) is 4.11. The first-order valence-electron chi connectivity index (χ1n) is 7.02. The maximum absolute atomic E-state index is 12.6. The minimum atomic E-state index is -3.73. The molecule has 0 aromatic carbocycles. The van der Waals surface area contributed by atoms with E-state index >= 15 is 0 Å². The highest BCUT2D eigenvalue weighted by Gasteiger charge is 2.45. The number of carbonyl (C=O) groups is 1. The molecule has 1 aliphatic heterocycles. The van der Waals surface area contributed by atoms with Crippen LogP contribution in [0.2, 0.25) is 0 Å². The second-order valence-electron chi connectivity index (χ2n) is 5.34. The first kappa shape index (κ1) is 15.6. The zero-order chi connectivity index (χ0) is 16.6. The number of aryl methyl sites for hydroxylation is 1. The van der Waals surface area contributed by atoms with Crippen molar-refractivity contribution < 1.29 is 13.2 Å². The van der Waals surface area contributed by atoms with Crippen LogP contribution in [-0.2, 0) is 14.8 Å². The van der Waals surface area contributed by atoms with E-state index in [0.717, 1.165) is 0 Å². The molecule has 0 radical (unpaired) electrons. The van der Waals surface area contributed by atoms with Gasteiger partial charge in [0.25, 0.3) is 10.0 Å². The first-order valence-corrected chi connectivity index (χ1v) is 8.46. The molecule has 2 atom stereocenters. The minimum absolute atomic E-state index is 0.0000239. The Balaban J connectivity index is 1.93. The molecule has 1 saturated heterocycles. The molecule has 11 heteroatoms. The number of H-pyrrole nitrogens is 2. The van der Waals surface area contributed by atoms with Gasteiger partial charge in [-0.1, -0.05) is 0 Å². The van der Waals surface area contributed by atoms with Crippen molar-refractivity contribution in [3.8, 4) is 0 Å². The Hall–Kier alpha value is -2.27. The Bertz CT molecular complexity index is 798. The lowest BCUT2D eigenvalue weighted by atomic mass is 9.94. The summed E-state index contributed by atoms with van der Waals surface area (Å²) in [5.74, 6) is -0.130. The lowest BCUT2D eigenvalue weighted by molar-refractivity contribution is -0.124. The van der Waals surface area contributed by atoms with Crippen molar-refractivity contribution >= 4 is 15.9 Å². The molecule has 0 unspecified atom stereocenters. The summed E-state index contributed by atoms with van der Waals surface area (Å²) in [6.45, 7) is 1.95. The van der Waals surface area contributed by atoms with Gasteiger partial charge >= 0.3 is 0 Å². The predicted octanol–water partition coefficient (Wildman–Crippen LogP) is -1.01. The molecule has 0 saturated carbocycles. The highest BCUT2D eigenvalue weighted by atomic mass is 32.2. The lowest BCUT2D eigenvalue weighted by Crippen LogP contribution is -2.34. The van der Waals surface area contributed by atoms with Crippen LogP contribution in [0.3, 0.4) is 0 Å². The van der Waals surface area contributed by atoms with E-state index in [4.69, 9.17) is 0 Å². The zero-order valence-electron chi connectivity index (χ0n) is 12.6. The van der Waals surface area contributed by atoms with Crippen molar-refractivity contribution in [1.82, 2.24) is 34.8 Å². The van der Waals surface area contributed by atoms with Gasteiger partial charge in [0.05, 0.1) is 18.4 Å². The number of hydrogen-bond acceptors (Lipinski definition) is 6. The fraction of sp³-hybridized carbons (Fsp3) is 0.500. The highest BCUT2D eigenvalue weighted by Crippen LogP contribution is 2.34. The molecule has 0 aliphatic carbocycles. The van der Waals surface area contributed by atoms with Gasteiger partial charge in [0, 0.05) is 26.1 Å². The highest BCUT2D eigenvalue weighted by molar-refractivity contribution is 7.89. The summed E-state index contributed by atoms with van der Waals surface area (Å²) in [7, 11) is -2.21. The van der Waals surface area contributed by atoms with Crippen LogP contribution in [0.4, 0.5) is 0 Å². The summed E-state index contributed by atoms with van der Waals surface area (Å²) in [6.07, 6.45) is 2.55. The van der Waals surface area contributed by atoms with Gasteiger partial charge in [-0.3, -0.25) is 9.89 Å². The second kappa shape index (κ2) is 5.74. The number of carbonyl (C=O) groups excluding carboxylic acids is 1. The lowest BCUT2D eigenvalue weighted by Gasteiger charge is -2.14. The molecule has 10 nitrogen and oxygen atoms in total. The Morgan fingerprint density at radius 1 is 1.43 bits per heavy atom. The van der Waals surface area contributed by atoms with E-state index in [-0.39, 0.29) is 24.0 Å². The van der Waals surface area contributed by atoms with Crippen molar-refractivity contribution in [1.29, 1.82) is 0 Å². The number of nitrogens with one attached hydrogen (secondary N) is 3. The van der Waals surface area contributed by atoms with Gasteiger partial charge in [0.1, 0.15) is 5.82 Å². The van der Waals surface area contributed by atoms with Crippen LogP contribution in [0.1, 0.15) is 17.6 Å². The second-order valence-corrected chi connectivity index (χ2v) is 7.25. The molecule has 3 rings (SSSR count). The molecule has 2 aromatic rings. The van der Waals surface area contributed by atoms with Crippen molar-refractivity contribution in [2.24, 2.45) is 5.92 Å². The van der Waals surface area contributed by atoms with Crippen LogP contribution in [0.25, 0.3) is 0 Å². The Morgan fingerprint density at radius 3 is 2.78 bits per heavy atom. The molecule has 0 bridgehead atoms. The Labute approximate surface area is 132 Å². The molecular weight excluding hydrogens is 322 g/mol. The Morgan fingerprint density at radius 2 is 2.22 bits per heavy atom. The number of aromatic amines is 2. The molecule has 2 aromatic heterocycles. The molecule has 1 fully saturated rings. The number of rotatable bonds is 4. The topological polar surface area (TPSA) is 137 Å². The van der Waals surface area contributed by atoms with E-state index in [0.29, 0.717) is 11.6 Å². The van der Waals surface area contributed by atoms with Crippen LogP contribution in [-0.4, -0.2) is 63.9 Å². The van der Waals surface area contributed by atoms with Gasteiger partial charge in [-0.15, -0.1) is 0 Å². The largest absolute Gasteiger partial charge is 0.359 e. The van der Waals surface area contributed by atoms with Crippen molar-refractivity contribution in [3.05, 3.63) is 24.2 Å². The van der Waals surface area contributed by atoms with E-state index < -0.39 is 21.9 Å². The summed E-state index contributed by atoms with van der Waals surface area (Å²) in [6, 6.07) is 0. The summed E-state index contributed by atoms with van der Waals surface area (Å²) >= 11 is 0. The first-order chi connectivity index (χ1) is 10.9. The van der Waals surface area contributed by atoms with Crippen LogP contribution < -0.4 is 5.32 Å². The summed E-state index contributed by atoms with van der Waals surface area (Å²) in [5, 5.41) is 9.39. The molecular formula is C12H17N7O3S. The fourth-order valence-electron chi connectivity index (χ4n) is 2.73. The molecule has 3 N–H and O–H groups in total. The molecule has 23 heavy (non-hydrogen) atoms. The zero-order valence-corrected chi connectivity index (χ0v) is 13.5. The minimum Gasteiger partial charge on any atom is -0.359 e. The van der Waals surface area contributed by atoms with Crippen LogP contribution in [0, 0.1) is 12.8 Å². The standard InChI is InChI=1S/C12H17N7O3S/c1-7-16-11(18-17-7)8-4-19(5-9(8)12(20)13-2)23(21,22)10-3-14-6-15-10/h3,6,8-9H,4-5H2,1-2H3,(H,13,20)(H,14,15)(H,16,17,18)/t8-,9-/m1/s1. The Kier molecular flexibility index (Phi) is 3.90. The average molecular weight is 339 g/mol. The number of amides is 1. The number of hydrogen-bond donors (Lipinski definition) is 3. The van der Waals surface area contributed by atoms with Crippen LogP contribution >= 0.6 is 0 Å². The number of sulfonamides is 1. The van der Waals surface area contributed by atoms with Gasteiger partial charge in [0.15, 0.2) is 10.9 Å². The normalized spacial score (nSPS) is 22.3. The maximum Gasteiger partial charge on any atom is 0.260 e. The van der Waals surface area contributed by atoms with Gasteiger partial charge < -0.3 is 10.3 Å². The van der Waals surface area contributed by atoms with Crippen molar-refractivity contribution in [2.45, 2.75) is 17.9 Å². The molecule has 0 spiro atoms. The summed E-state index contributed by atoms with van der Waals surface area (Å²) in [5.41, 5.74) is 0. The van der Waals surface area contributed by atoms with Crippen molar-refractivity contribution in [2.75, 3.05) is 20.1 Å².